The lowest BCUT2D eigenvalue weighted by Gasteiger charge is -2.12. The van der Waals surface area contributed by atoms with E-state index in [0.29, 0.717) is 16.5 Å². The maximum absolute atomic E-state index is 11.3. The first-order valence-corrected chi connectivity index (χ1v) is 9.97. The smallest absolute Gasteiger partial charge is 0.294 e. The lowest BCUT2D eigenvalue weighted by Crippen LogP contribution is -2.00. The number of hydrogen-bond donors (Lipinski definition) is 4. The summed E-state index contributed by atoms with van der Waals surface area (Å²) in [5, 5.41) is 10.6. The Morgan fingerprint density at radius 1 is 0.769 bits per heavy atom. The van der Waals surface area contributed by atoms with Crippen molar-refractivity contribution in [2.75, 3.05) is 5.73 Å². The Morgan fingerprint density at radius 3 is 1.88 bits per heavy atom. The summed E-state index contributed by atoms with van der Waals surface area (Å²) in [7, 11) is -8.82. The van der Waals surface area contributed by atoms with Crippen molar-refractivity contribution < 1.29 is 31.0 Å². The fourth-order valence-corrected chi connectivity index (χ4v) is 3.67. The molecule has 0 bridgehead atoms. The predicted molar refractivity (Wildman–Crippen MR) is 95.1 cm³/mol. The SMILES string of the molecule is Nc1c(-c2ccc(S(=O)(=O)O)cc2)ccc2cc(S(=O)(=O)O)cc(O)c12. The molecule has 0 heterocycles. The molecule has 3 aromatic rings. The molecule has 0 saturated heterocycles. The van der Waals surface area contributed by atoms with Gasteiger partial charge in [0.1, 0.15) is 5.75 Å². The molecule has 8 nitrogen and oxygen atoms in total. The van der Waals surface area contributed by atoms with Crippen LogP contribution in [-0.4, -0.2) is 31.0 Å². The Bertz CT molecular complexity index is 1230. The molecule has 0 spiro atoms. The summed E-state index contributed by atoms with van der Waals surface area (Å²) in [6.07, 6.45) is 0. The zero-order chi connectivity index (χ0) is 19.3. The molecule has 0 unspecified atom stereocenters. The summed E-state index contributed by atoms with van der Waals surface area (Å²) in [5.74, 6) is -0.427. The fraction of sp³-hybridized carbons (Fsp3) is 0. The second kappa shape index (κ2) is 5.95. The van der Waals surface area contributed by atoms with Crippen molar-refractivity contribution in [2.45, 2.75) is 9.79 Å². The highest BCUT2D eigenvalue weighted by Gasteiger charge is 2.17. The van der Waals surface area contributed by atoms with Crippen molar-refractivity contribution >= 4 is 36.7 Å². The van der Waals surface area contributed by atoms with Crippen LogP contribution in [0.4, 0.5) is 5.69 Å². The summed E-state index contributed by atoms with van der Waals surface area (Å²) < 4.78 is 62.9. The number of anilines is 1. The van der Waals surface area contributed by atoms with Crippen LogP contribution in [0.3, 0.4) is 0 Å². The normalized spacial score (nSPS) is 12.4. The molecule has 3 aromatic carbocycles. The van der Waals surface area contributed by atoms with E-state index in [1.165, 1.54) is 36.4 Å². The van der Waals surface area contributed by atoms with Gasteiger partial charge in [0.05, 0.1) is 15.5 Å². The molecule has 0 aromatic heterocycles. The number of fused-ring (bicyclic) bond motifs is 1. The Hall–Kier alpha value is -2.66. The molecule has 0 amide bonds. The second-order valence-electron chi connectivity index (χ2n) is 5.54. The Kier molecular flexibility index (Phi) is 4.15. The lowest BCUT2D eigenvalue weighted by atomic mass is 9.98. The maximum atomic E-state index is 11.3. The number of nitrogen functional groups attached to an aromatic ring is 1. The van der Waals surface area contributed by atoms with Crippen molar-refractivity contribution in [1.29, 1.82) is 0 Å². The number of aromatic hydroxyl groups is 1. The maximum Gasteiger partial charge on any atom is 0.294 e. The molecule has 10 heteroatoms. The summed E-state index contributed by atoms with van der Waals surface area (Å²) in [5.41, 5.74) is 7.23. The Labute approximate surface area is 149 Å². The number of rotatable bonds is 3. The average Bonchev–Trinajstić information content (AvgIpc) is 2.53. The molecule has 26 heavy (non-hydrogen) atoms. The zero-order valence-electron chi connectivity index (χ0n) is 13.0. The monoisotopic (exact) mass is 395 g/mol. The first-order chi connectivity index (χ1) is 12.0. The van der Waals surface area contributed by atoms with E-state index in [-0.39, 0.29) is 16.0 Å². The van der Waals surface area contributed by atoms with Crippen LogP contribution in [0, 0.1) is 0 Å². The van der Waals surface area contributed by atoms with E-state index in [0.717, 1.165) is 6.07 Å². The van der Waals surface area contributed by atoms with E-state index in [4.69, 9.17) is 14.8 Å². The summed E-state index contributed by atoms with van der Waals surface area (Å²) in [6, 6.07) is 10.4. The molecule has 0 aliphatic carbocycles. The van der Waals surface area contributed by atoms with Gasteiger partial charge in [0, 0.05) is 17.0 Å². The summed E-state index contributed by atoms with van der Waals surface area (Å²) in [4.78, 5) is -0.742. The largest absolute Gasteiger partial charge is 0.507 e. The van der Waals surface area contributed by atoms with Crippen LogP contribution >= 0.6 is 0 Å². The minimum atomic E-state index is -4.49. The molecular formula is C16H13NO7S2. The van der Waals surface area contributed by atoms with Gasteiger partial charge in [-0.05, 0) is 29.1 Å². The Balaban J connectivity index is 2.20. The Morgan fingerprint density at radius 2 is 1.35 bits per heavy atom. The van der Waals surface area contributed by atoms with Gasteiger partial charge in [0.25, 0.3) is 20.2 Å². The quantitative estimate of drug-likeness (QED) is 0.389. The number of hydrogen-bond acceptors (Lipinski definition) is 6. The molecule has 0 radical (unpaired) electrons. The van der Waals surface area contributed by atoms with Crippen molar-refractivity contribution in [1.82, 2.24) is 0 Å². The highest BCUT2D eigenvalue weighted by atomic mass is 32.2. The topological polar surface area (TPSA) is 155 Å². The van der Waals surface area contributed by atoms with Crippen molar-refractivity contribution in [3.8, 4) is 16.9 Å². The van der Waals surface area contributed by atoms with Gasteiger partial charge in [-0.1, -0.05) is 24.3 Å². The third kappa shape index (κ3) is 3.22. The van der Waals surface area contributed by atoms with Crippen molar-refractivity contribution in [3.63, 3.8) is 0 Å². The van der Waals surface area contributed by atoms with E-state index >= 15 is 0 Å². The zero-order valence-corrected chi connectivity index (χ0v) is 14.6. The molecule has 0 atom stereocenters. The van der Waals surface area contributed by atoms with Crippen LogP contribution in [0.5, 0.6) is 5.75 Å². The number of benzene rings is 3. The van der Waals surface area contributed by atoms with Gasteiger partial charge < -0.3 is 10.8 Å². The molecule has 3 rings (SSSR count). The van der Waals surface area contributed by atoms with Crippen LogP contribution in [0.2, 0.25) is 0 Å². The predicted octanol–water partition coefficient (Wildman–Crippen LogP) is 2.29. The fourth-order valence-electron chi connectivity index (χ4n) is 2.65. The lowest BCUT2D eigenvalue weighted by molar-refractivity contribution is 0.471. The molecule has 5 N–H and O–H groups in total. The average molecular weight is 395 g/mol. The molecular weight excluding hydrogens is 382 g/mol. The molecule has 0 aliphatic heterocycles. The van der Waals surface area contributed by atoms with Crippen molar-refractivity contribution in [2.24, 2.45) is 0 Å². The van der Waals surface area contributed by atoms with E-state index in [9.17, 15) is 21.9 Å². The van der Waals surface area contributed by atoms with E-state index in [2.05, 4.69) is 0 Å². The third-order valence-electron chi connectivity index (χ3n) is 3.87. The minimum Gasteiger partial charge on any atom is -0.507 e. The highest BCUT2D eigenvalue weighted by Crippen LogP contribution is 2.38. The van der Waals surface area contributed by atoms with Gasteiger partial charge >= 0.3 is 0 Å². The van der Waals surface area contributed by atoms with Gasteiger partial charge in [0.15, 0.2) is 0 Å². The van der Waals surface area contributed by atoms with Crippen LogP contribution in [0.25, 0.3) is 21.9 Å². The molecule has 136 valence electrons. The van der Waals surface area contributed by atoms with Gasteiger partial charge in [-0.15, -0.1) is 0 Å². The number of phenols is 1. The van der Waals surface area contributed by atoms with E-state index in [1.54, 1.807) is 6.07 Å². The van der Waals surface area contributed by atoms with Crippen LogP contribution < -0.4 is 5.73 Å². The van der Waals surface area contributed by atoms with Crippen LogP contribution in [0.1, 0.15) is 0 Å². The molecule has 0 saturated carbocycles. The van der Waals surface area contributed by atoms with Gasteiger partial charge in [-0.3, -0.25) is 9.11 Å². The molecule has 0 fully saturated rings. The number of nitrogens with two attached hydrogens (primary N) is 1. The van der Waals surface area contributed by atoms with Crippen LogP contribution in [0.15, 0.2) is 58.3 Å². The molecule has 0 aliphatic rings. The first kappa shape index (κ1) is 18.1. The first-order valence-electron chi connectivity index (χ1n) is 7.09. The second-order valence-corrected chi connectivity index (χ2v) is 8.38. The van der Waals surface area contributed by atoms with E-state index in [1.807, 2.05) is 0 Å². The summed E-state index contributed by atoms with van der Waals surface area (Å²) >= 11 is 0. The number of phenolic OH excluding ortho intramolecular Hbond substituents is 1. The summed E-state index contributed by atoms with van der Waals surface area (Å²) in [6.45, 7) is 0. The van der Waals surface area contributed by atoms with E-state index < -0.39 is 30.9 Å². The van der Waals surface area contributed by atoms with Crippen LogP contribution in [-0.2, 0) is 20.2 Å². The van der Waals surface area contributed by atoms with Gasteiger partial charge in [0.2, 0.25) is 0 Å². The van der Waals surface area contributed by atoms with Gasteiger partial charge in [-0.25, -0.2) is 0 Å². The standard InChI is InChI=1S/C16H13NO7S2/c17-16-13(9-1-4-11(5-2-9)25(19,20)21)6-3-10-7-12(26(22,23)24)8-14(18)15(10)16/h1-8,18H,17H2,(H,19,20,21)(H,22,23,24). The van der Waals surface area contributed by atoms with Crippen molar-refractivity contribution in [3.05, 3.63) is 48.5 Å². The highest BCUT2D eigenvalue weighted by molar-refractivity contribution is 7.86. The third-order valence-corrected chi connectivity index (χ3v) is 5.57. The minimum absolute atomic E-state index is 0.140. The van der Waals surface area contributed by atoms with Gasteiger partial charge in [-0.2, -0.15) is 16.8 Å².